The summed E-state index contributed by atoms with van der Waals surface area (Å²) in [6, 6.07) is 29.2. The molecular weight excluding hydrogens is 771 g/mol. The second-order valence-corrected chi connectivity index (χ2v) is 16.2. The summed E-state index contributed by atoms with van der Waals surface area (Å²) in [4.78, 5) is 54.1. The molecule has 0 aliphatic heterocycles. The maximum Gasteiger partial charge on any atom is 0.243 e. The highest BCUT2D eigenvalue weighted by Gasteiger charge is 2.30. The number of amides is 4. The molecule has 0 fully saturated rings. The van der Waals surface area contributed by atoms with E-state index in [9.17, 15) is 19.2 Å². The van der Waals surface area contributed by atoms with Crippen molar-refractivity contribution >= 4 is 35.5 Å². The number of benzene rings is 4. The lowest BCUT2D eigenvalue weighted by Gasteiger charge is -2.26. The first-order chi connectivity index (χ1) is 29.0. The van der Waals surface area contributed by atoms with E-state index in [1.54, 1.807) is 0 Å². The van der Waals surface area contributed by atoms with Gasteiger partial charge in [0.1, 0.15) is 18.1 Å². The molecular formula is C46H61N11O4. The molecule has 15 N–H and O–H groups in total. The zero-order chi connectivity index (χ0) is 44.5. The molecule has 61 heavy (non-hydrogen) atoms. The third-order valence-corrected chi connectivity index (χ3v) is 10.2. The van der Waals surface area contributed by atoms with Gasteiger partial charge in [0, 0.05) is 19.5 Å². The first-order valence-corrected chi connectivity index (χ1v) is 20.5. The van der Waals surface area contributed by atoms with E-state index in [-0.39, 0.29) is 56.1 Å². The van der Waals surface area contributed by atoms with Crippen LogP contribution in [0.4, 0.5) is 0 Å². The SMILES string of the molecule is CC(C)(C)c1ccc(-c2ccc(C[C@H](NC(=O)[C@H](CCCNC(=N)N)NC(=O)[C@@H](N)Cc3ccc(-c4ccccc4)cc3)C(=O)N[C@@H](CCCNC(=N)N)C(N)=O)cc2)cc1. The summed E-state index contributed by atoms with van der Waals surface area (Å²) >= 11 is 0. The van der Waals surface area contributed by atoms with Gasteiger partial charge < -0.3 is 49.5 Å². The van der Waals surface area contributed by atoms with Crippen molar-refractivity contribution in [3.63, 3.8) is 0 Å². The number of guanidine groups is 2. The zero-order valence-electron chi connectivity index (χ0n) is 35.2. The van der Waals surface area contributed by atoms with Crippen LogP contribution in [0.25, 0.3) is 22.3 Å². The van der Waals surface area contributed by atoms with Gasteiger partial charge in [-0.3, -0.25) is 30.0 Å². The lowest BCUT2D eigenvalue weighted by molar-refractivity contribution is -0.133. The van der Waals surface area contributed by atoms with Crippen molar-refractivity contribution in [2.45, 2.75) is 88.9 Å². The molecule has 4 atom stereocenters. The molecule has 0 aliphatic carbocycles. The van der Waals surface area contributed by atoms with Crippen LogP contribution < -0.4 is 49.5 Å². The highest BCUT2D eigenvalue weighted by molar-refractivity contribution is 5.95. The summed E-state index contributed by atoms with van der Waals surface area (Å²) < 4.78 is 0. The Morgan fingerprint density at radius 3 is 1.43 bits per heavy atom. The van der Waals surface area contributed by atoms with Gasteiger partial charge in [-0.15, -0.1) is 0 Å². The maximum atomic E-state index is 14.1. The molecule has 4 aromatic carbocycles. The summed E-state index contributed by atoms with van der Waals surface area (Å²) in [5.41, 5.74) is 29.7. The maximum absolute atomic E-state index is 14.1. The normalized spacial score (nSPS) is 13.1. The average Bonchev–Trinajstić information content (AvgIpc) is 3.22. The molecule has 0 spiro atoms. The first kappa shape index (κ1) is 46.9. The van der Waals surface area contributed by atoms with E-state index in [0.29, 0.717) is 12.8 Å². The topological polar surface area (TPSA) is 280 Å². The molecule has 4 amide bonds. The van der Waals surface area contributed by atoms with E-state index < -0.39 is 47.8 Å². The Hall–Kier alpha value is -6.74. The van der Waals surface area contributed by atoms with Crippen LogP contribution in [0.15, 0.2) is 103 Å². The van der Waals surface area contributed by atoms with Gasteiger partial charge in [0.05, 0.1) is 6.04 Å². The summed E-state index contributed by atoms with van der Waals surface area (Å²) in [5.74, 6) is -3.10. The van der Waals surface area contributed by atoms with E-state index in [2.05, 4.69) is 71.6 Å². The number of primary amides is 1. The molecule has 0 radical (unpaired) electrons. The second kappa shape index (κ2) is 22.6. The lowest BCUT2D eigenvalue weighted by atomic mass is 9.86. The quantitative estimate of drug-likeness (QED) is 0.0334. The fourth-order valence-electron chi connectivity index (χ4n) is 6.69. The van der Waals surface area contributed by atoms with Crippen LogP contribution in [-0.4, -0.2) is 72.8 Å². The Labute approximate surface area is 358 Å². The van der Waals surface area contributed by atoms with Crippen molar-refractivity contribution in [2.75, 3.05) is 13.1 Å². The molecule has 0 aromatic heterocycles. The minimum atomic E-state index is -1.19. The van der Waals surface area contributed by atoms with Crippen molar-refractivity contribution in [1.82, 2.24) is 26.6 Å². The molecule has 0 unspecified atom stereocenters. The molecule has 0 saturated heterocycles. The third kappa shape index (κ3) is 15.4. The van der Waals surface area contributed by atoms with E-state index in [1.807, 2.05) is 78.9 Å². The van der Waals surface area contributed by atoms with Gasteiger partial charge in [0.25, 0.3) is 0 Å². The van der Waals surface area contributed by atoms with E-state index in [0.717, 1.165) is 33.4 Å². The number of hydrogen-bond donors (Lipinski definition) is 11. The fraction of sp³-hybridized carbons (Fsp3) is 0.348. The highest BCUT2D eigenvalue weighted by Crippen LogP contribution is 2.27. The minimum Gasteiger partial charge on any atom is -0.370 e. The number of carbonyl (C=O) groups is 4. The van der Waals surface area contributed by atoms with Crippen LogP contribution in [0.2, 0.25) is 0 Å². The number of carbonyl (C=O) groups excluding carboxylic acids is 4. The Morgan fingerprint density at radius 1 is 0.541 bits per heavy atom. The van der Waals surface area contributed by atoms with Crippen LogP contribution in [0.1, 0.15) is 63.1 Å². The van der Waals surface area contributed by atoms with Gasteiger partial charge in [-0.2, -0.15) is 0 Å². The first-order valence-electron chi connectivity index (χ1n) is 20.5. The summed E-state index contributed by atoms with van der Waals surface area (Å²) in [6.07, 6.45) is 1.23. The van der Waals surface area contributed by atoms with Crippen molar-refractivity contribution in [3.8, 4) is 22.3 Å². The number of rotatable bonds is 21. The molecule has 15 heteroatoms. The van der Waals surface area contributed by atoms with E-state index in [4.69, 9.17) is 33.8 Å². The largest absolute Gasteiger partial charge is 0.370 e. The molecule has 324 valence electrons. The molecule has 0 aliphatic rings. The van der Waals surface area contributed by atoms with Gasteiger partial charge in [0.15, 0.2) is 11.9 Å². The van der Waals surface area contributed by atoms with E-state index >= 15 is 0 Å². The molecule has 0 saturated carbocycles. The average molecular weight is 832 g/mol. The van der Waals surface area contributed by atoms with Gasteiger partial charge in [-0.05, 0) is 76.5 Å². The Bertz CT molecular complexity index is 2090. The highest BCUT2D eigenvalue weighted by atomic mass is 16.2. The zero-order valence-corrected chi connectivity index (χ0v) is 35.2. The van der Waals surface area contributed by atoms with Crippen LogP contribution in [0.5, 0.6) is 0 Å². The van der Waals surface area contributed by atoms with Gasteiger partial charge in [0.2, 0.25) is 23.6 Å². The van der Waals surface area contributed by atoms with Crippen LogP contribution in [0, 0.1) is 10.8 Å². The van der Waals surface area contributed by atoms with Crippen molar-refractivity contribution in [3.05, 3.63) is 120 Å². The smallest absolute Gasteiger partial charge is 0.243 e. The monoisotopic (exact) mass is 831 g/mol. The number of hydrogen-bond acceptors (Lipinski definition) is 7. The van der Waals surface area contributed by atoms with Crippen LogP contribution in [-0.2, 0) is 37.4 Å². The molecule has 0 bridgehead atoms. The van der Waals surface area contributed by atoms with Gasteiger partial charge >= 0.3 is 0 Å². The van der Waals surface area contributed by atoms with Crippen LogP contribution in [0.3, 0.4) is 0 Å². The predicted octanol–water partition coefficient (Wildman–Crippen LogP) is 2.90. The molecule has 4 rings (SSSR count). The Balaban J connectivity index is 1.53. The number of nitrogens with one attached hydrogen (secondary N) is 7. The lowest BCUT2D eigenvalue weighted by Crippen LogP contribution is -2.58. The van der Waals surface area contributed by atoms with Crippen molar-refractivity contribution < 1.29 is 19.2 Å². The van der Waals surface area contributed by atoms with Crippen LogP contribution >= 0.6 is 0 Å². The third-order valence-electron chi connectivity index (χ3n) is 10.2. The van der Waals surface area contributed by atoms with E-state index in [1.165, 1.54) is 5.56 Å². The van der Waals surface area contributed by atoms with Crippen molar-refractivity contribution in [1.29, 1.82) is 10.8 Å². The summed E-state index contributed by atoms with van der Waals surface area (Å²) in [7, 11) is 0. The standard InChI is InChI=1S/C46H61N11O4/c1-46(2,3)35-23-21-34(22-24-35)33-19-15-30(16-20-33)28-39(43(61)55-37(40(48)58)11-7-25-53-44(49)50)57-42(60)38(12-8-26-54-45(51)52)56-41(59)36(47)27-29-13-17-32(18-14-29)31-9-5-4-6-10-31/h4-6,9-10,13-24,36-39H,7-8,11-12,25-28,47H2,1-3H3,(H2,48,58)(H,55,61)(H,56,59)(H,57,60)(H4,49,50,53)(H4,51,52,54)/t36-,37-,38-,39-/m0/s1. The summed E-state index contributed by atoms with van der Waals surface area (Å²) in [6.45, 7) is 7.00. The Morgan fingerprint density at radius 2 is 0.951 bits per heavy atom. The summed E-state index contributed by atoms with van der Waals surface area (Å²) in [5, 5.41) is 28.5. The minimum absolute atomic E-state index is 0.0105. The van der Waals surface area contributed by atoms with Gasteiger partial charge in [-0.1, -0.05) is 124 Å². The van der Waals surface area contributed by atoms with Crippen molar-refractivity contribution in [2.24, 2.45) is 22.9 Å². The number of nitrogens with two attached hydrogens (primary N) is 4. The molecule has 15 nitrogen and oxygen atoms in total. The molecule has 0 heterocycles. The predicted molar refractivity (Wildman–Crippen MR) is 241 cm³/mol. The fourth-order valence-corrected chi connectivity index (χ4v) is 6.69. The molecule has 4 aromatic rings. The Kier molecular flexibility index (Phi) is 17.4. The van der Waals surface area contributed by atoms with Gasteiger partial charge in [-0.25, -0.2) is 0 Å². The second-order valence-electron chi connectivity index (χ2n) is 16.2.